The van der Waals surface area contributed by atoms with Crippen molar-refractivity contribution in [1.82, 2.24) is 16.0 Å². The van der Waals surface area contributed by atoms with Gasteiger partial charge in [0.2, 0.25) is 5.91 Å². The van der Waals surface area contributed by atoms with Gasteiger partial charge in [-0.15, -0.1) is 0 Å². The minimum absolute atomic E-state index is 0.106. The first-order valence-electron chi connectivity index (χ1n) is 19.4. The molecule has 1 atom stereocenters. The molecule has 0 aliphatic heterocycles. The van der Waals surface area contributed by atoms with Crippen LogP contribution in [0.15, 0.2) is 0 Å². The average Bonchev–Trinajstić information content (AvgIpc) is 3.04. The first-order chi connectivity index (χ1) is 22.0. The Kier molecular flexibility index (Phi) is 33.7. The number of esters is 1. The van der Waals surface area contributed by atoms with Gasteiger partial charge >= 0.3 is 12.0 Å². The van der Waals surface area contributed by atoms with Crippen molar-refractivity contribution in [2.45, 2.75) is 206 Å². The van der Waals surface area contributed by atoms with Crippen LogP contribution in [0.3, 0.4) is 0 Å². The Hall–Kier alpha value is -1.79. The normalized spacial score (nSPS) is 11.7. The lowest BCUT2D eigenvalue weighted by Gasteiger charge is -2.17. The lowest BCUT2D eigenvalue weighted by atomic mass is 10.0. The Balaban J connectivity index is 3.69. The van der Waals surface area contributed by atoms with Crippen LogP contribution in [-0.4, -0.2) is 44.1 Å². The van der Waals surface area contributed by atoms with E-state index in [0.717, 1.165) is 38.5 Å². The molecule has 0 bridgehead atoms. The highest BCUT2D eigenvalue weighted by atomic mass is 16.5. The Morgan fingerprint density at radius 2 is 0.867 bits per heavy atom. The highest BCUT2D eigenvalue weighted by Crippen LogP contribution is 2.14. The number of amides is 3. The lowest BCUT2D eigenvalue weighted by molar-refractivity contribution is -0.143. The largest absolute Gasteiger partial charge is 0.467 e. The van der Waals surface area contributed by atoms with Gasteiger partial charge in [-0.05, 0) is 32.1 Å². The van der Waals surface area contributed by atoms with E-state index in [2.05, 4.69) is 29.8 Å². The summed E-state index contributed by atoms with van der Waals surface area (Å²) >= 11 is 0. The first kappa shape index (κ1) is 43.2. The van der Waals surface area contributed by atoms with E-state index in [0.29, 0.717) is 25.9 Å². The van der Waals surface area contributed by atoms with Crippen LogP contribution in [0.4, 0.5) is 4.79 Å². The Labute approximate surface area is 278 Å². The van der Waals surface area contributed by atoms with E-state index in [9.17, 15) is 14.4 Å². The number of methoxy groups -OCH3 is 1. The fourth-order valence-corrected chi connectivity index (χ4v) is 5.86. The second-order valence-electron chi connectivity index (χ2n) is 13.2. The molecule has 0 aliphatic carbocycles. The van der Waals surface area contributed by atoms with Gasteiger partial charge in [-0.2, -0.15) is 0 Å². The molecular formula is C38H75N3O4. The third-order valence-electron chi connectivity index (χ3n) is 8.86. The minimum Gasteiger partial charge on any atom is -0.467 e. The predicted molar refractivity (Wildman–Crippen MR) is 191 cm³/mol. The Morgan fingerprint density at radius 3 is 1.31 bits per heavy atom. The molecule has 3 amide bonds. The van der Waals surface area contributed by atoms with E-state index >= 15 is 0 Å². The maximum absolute atomic E-state index is 12.4. The fourth-order valence-electron chi connectivity index (χ4n) is 5.86. The molecule has 0 radical (unpaired) electrons. The SMILES string of the molecule is CCCCCCCCCCCCCCCCCCNC(=O)NC(CCCCNC(=O)CCCCCCCCCCC)C(=O)OC. The lowest BCUT2D eigenvalue weighted by Crippen LogP contribution is -2.46. The summed E-state index contributed by atoms with van der Waals surface area (Å²) in [5.74, 6) is -0.323. The summed E-state index contributed by atoms with van der Waals surface area (Å²) in [7, 11) is 1.35. The zero-order valence-electron chi connectivity index (χ0n) is 30.1. The van der Waals surface area contributed by atoms with Crippen molar-refractivity contribution >= 4 is 17.9 Å². The molecule has 0 spiro atoms. The first-order valence-corrected chi connectivity index (χ1v) is 19.4. The van der Waals surface area contributed by atoms with E-state index in [-0.39, 0.29) is 11.9 Å². The number of carbonyl (C=O) groups excluding carboxylic acids is 3. The molecule has 0 saturated carbocycles. The summed E-state index contributed by atoms with van der Waals surface area (Å²) in [6.07, 6.45) is 34.9. The number of urea groups is 1. The number of carbonyl (C=O) groups is 3. The second-order valence-corrected chi connectivity index (χ2v) is 13.2. The minimum atomic E-state index is -0.668. The highest BCUT2D eigenvalue weighted by Gasteiger charge is 2.20. The van der Waals surface area contributed by atoms with Gasteiger partial charge in [-0.25, -0.2) is 9.59 Å². The molecule has 45 heavy (non-hydrogen) atoms. The van der Waals surface area contributed by atoms with Crippen LogP contribution in [0, 0.1) is 0 Å². The summed E-state index contributed by atoms with van der Waals surface area (Å²) in [6, 6.07) is -0.987. The third kappa shape index (κ3) is 32.0. The number of unbranched alkanes of at least 4 members (excludes halogenated alkanes) is 24. The molecular weight excluding hydrogens is 562 g/mol. The molecule has 0 aromatic rings. The van der Waals surface area contributed by atoms with Crippen molar-refractivity contribution in [1.29, 1.82) is 0 Å². The fraction of sp³-hybridized carbons (Fsp3) is 0.921. The maximum atomic E-state index is 12.4. The Bertz CT molecular complexity index is 673. The zero-order valence-corrected chi connectivity index (χ0v) is 30.1. The van der Waals surface area contributed by atoms with E-state index in [1.165, 1.54) is 142 Å². The van der Waals surface area contributed by atoms with Crippen LogP contribution in [0.1, 0.15) is 200 Å². The van der Waals surface area contributed by atoms with E-state index in [1.54, 1.807) is 0 Å². The molecule has 7 nitrogen and oxygen atoms in total. The van der Waals surface area contributed by atoms with Gasteiger partial charge in [-0.3, -0.25) is 4.79 Å². The number of hydrogen-bond donors (Lipinski definition) is 3. The van der Waals surface area contributed by atoms with Gasteiger partial charge in [-0.1, -0.05) is 162 Å². The molecule has 0 aromatic heterocycles. The van der Waals surface area contributed by atoms with Gasteiger partial charge < -0.3 is 20.7 Å². The molecule has 0 heterocycles. The zero-order chi connectivity index (χ0) is 33.1. The van der Waals surface area contributed by atoms with E-state index < -0.39 is 12.0 Å². The smallest absolute Gasteiger partial charge is 0.328 e. The van der Waals surface area contributed by atoms with Gasteiger partial charge in [0.1, 0.15) is 6.04 Å². The molecule has 0 aliphatic rings. The number of nitrogens with one attached hydrogen (secondary N) is 3. The third-order valence-corrected chi connectivity index (χ3v) is 8.86. The van der Waals surface area contributed by atoms with Crippen molar-refractivity contribution in [3.8, 4) is 0 Å². The summed E-state index contributed by atoms with van der Waals surface area (Å²) in [4.78, 5) is 36.6. The van der Waals surface area contributed by atoms with Crippen LogP contribution in [0.5, 0.6) is 0 Å². The van der Waals surface area contributed by atoms with E-state index in [4.69, 9.17) is 4.74 Å². The number of rotatable bonds is 34. The van der Waals surface area contributed by atoms with Crippen LogP contribution < -0.4 is 16.0 Å². The summed E-state index contributed by atoms with van der Waals surface area (Å²) in [6.45, 7) is 5.72. The van der Waals surface area contributed by atoms with Crippen molar-refractivity contribution < 1.29 is 19.1 Å². The topological polar surface area (TPSA) is 96.5 Å². The summed E-state index contributed by atoms with van der Waals surface area (Å²) in [5, 5.41) is 8.64. The molecule has 266 valence electrons. The summed E-state index contributed by atoms with van der Waals surface area (Å²) < 4.78 is 4.89. The quantitative estimate of drug-likeness (QED) is 0.0483. The van der Waals surface area contributed by atoms with Gasteiger partial charge in [0, 0.05) is 19.5 Å². The van der Waals surface area contributed by atoms with Gasteiger partial charge in [0.25, 0.3) is 0 Å². The van der Waals surface area contributed by atoms with E-state index in [1.807, 2.05) is 0 Å². The van der Waals surface area contributed by atoms with Gasteiger partial charge in [0.05, 0.1) is 7.11 Å². The Morgan fingerprint density at radius 1 is 0.489 bits per heavy atom. The molecule has 1 unspecified atom stereocenters. The molecule has 0 saturated heterocycles. The summed E-state index contributed by atoms with van der Waals surface area (Å²) in [5.41, 5.74) is 0. The van der Waals surface area contributed by atoms with Crippen LogP contribution in [0.2, 0.25) is 0 Å². The molecule has 3 N–H and O–H groups in total. The molecule has 0 aromatic carbocycles. The molecule has 0 fully saturated rings. The van der Waals surface area contributed by atoms with Crippen molar-refractivity contribution in [2.24, 2.45) is 0 Å². The van der Waals surface area contributed by atoms with Crippen molar-refractivity contribution in [2.75, 3.05) is 20.2 Å². The number of ether oxygens (including phenoxy) is 1. The van der Waals surface area contributed by atoms with Crippen LogP contribution in [0.25, 0.3) is 0 Å². The van der Waals surface area contributed by atoms with Crippen LogP contribution >= 0.6 is 0 Å². The van der Waals surface area contributed by atoms with Crippen LogP contribution in [-0.2, 0) is 14.3 Å². The van der Waals surface area contributed by atoms with Crippen molar-refractivity contribution in [3.05, 3.63) is 0 Å². The van der Waals surface area contributed by atoms with Gasteiger partial charge in [0.15, 0.2) is 0 Å². The maximum Gasteiger partial charge on any atom is 0.328 e. The predicted octanol–water partition coefficient (Wildman–Crippen LogP) is 10.3. The molecule has 7 heteroatoms. The van der Waals surface area contributed by atoms with Crippen molar-refractivity contribution in [3.63, 3.8) is 0 Å². The monoisotopic (exact) mass is 638 g/mol. The average molecular weight is 638 g/mol. The second kappa shape index (κ2) is 35.1. The number of hydrogen-bond acceptors (Lipinski definition) is 4. The molecule has 0 rings (SSSR count). The standard InChI is InChI=1S/C38H75N3O4/c1-4-6-8-10-12-14-15-16-17-18-19-20-22-24-26-29-34-40-38(44)41-35(37(43)45-3)31-28-30-33-39-36(42)32-27-25-23-21-13-11-9-7-5-2/h35H,4-34H2,1-3H3,(H,39,42)(H2,40,41,44). The highest BCUT2D eigenvalue weighted by molar-refractivity contribution is 5.83.